The van der Waals surface area contributed by atoms with Crippen molar-refractivity contribution in [2.24, 2.45) is 0 Å². The molecule has 11 heteroatoms. The number of carboxylic acid groups (broad SMARTS) is 1. The van der Waals surface area contributed by atoms with Gasteiger partial charge in [-0.15, -0.1) is 5.10 Å². The zero-order valence-corrected chi connectivity index (χ0v) is 17.9. The summed E-state index contributed by atoms with van der Waals surface area (Å²) in [4.78, 5) is 36.5. The summed E-state index contributed by atoms with van der Waals surface area (Å²) in [5.41, 5.74) is 0.914. The third-order valence-electron chi connectivity index (χ3n) is 4.97. The minimum absolute atomic E-state index is 0.00737. The van der Waals surface area contributed by atoms with Crippen molar-refractivity contribution in [3.8, 4) is 16.8 Å². The lowest BCUT2D eigenvalue weighted by atomic mass is 10.0. The third-order valence-corrected chi connectivity index (χ3v) is 4.97. The summed E-state index contributed by atoms with van der Waals surface area (Å²) in [6.45, 7) is 0. The fourth-order valence-corrected chi connectivity index (χ4v) is 3.38. The van der Waals surface area contributed by atoms with Gasteiger partial charge in [0.2, 0.25) is 5.91 Å². The first-order valence-corrected chi connectivity index (χ1v) is 10.2. The van der Waals surface area contributed by atoms with E-state index in [1.54, 1.807) is 30.5 Å². The topological polar surface area (TPSA) is 126 Å². The number of halogens is 2. The Morgan fingerprint density at radius 2 is 1.74 bits per heavy atom. The summed E-state index contributed by atoms with van der Waals surface area (Å²) in [6.07, 6.45) is 1.13. The molecule has 0 aliphatic rings. The van der Waals surface area contributed by atoms with E-state index in [0.717, 1.165) is 6.07 Å². The molecule has 0 atom stereocenters. The molecule has 4 rings (SSSR count). The molecule has 176 valence electrons. The Balaban J connectivity index is 1.57. The fourth-order valence-electron chi connectivity index (χ4n) is 3.38. The summed E-state index contributed by atoms with van der Waals surface area (Å²) < 4.78 is 29.4. The molecule has 3 N–H and O–H groups in total. The molecule has 0 radical (unpaired) electrons. The van der Waals surface area contributed by atoms with Crippen LogP contribution in [-0.4, -0.2) is 37.9 Å². The average Bonchev–Trinajstić information content (AvgIpc) is 3.37. The quantitative estimate of drug-likeness (QED) is 0.266. The monoisotopic (exact) mass is 477 g/mol. The van der Waals surface area contributed by atoms with Crippen LogP contribution in [0.3, 0.4) is 0 Å². The first-order chi connectivity index (χ1) is 16.8. The van der Waals surface area contributed by atoms with Crippen molar-refractivity contribution < 1.29 is 28.3 Å². The van der Waals surface area contributed by atoms with E-state index in [4.69, 9.17) is 5.11 Å². The second kappa shape index (κ2) is 9.91. The summed E-state index contributed by atoms with van der Waals surface area (Å²) in [7, 11) is 0. The zero-order valence-electron chi connectivity index (χ0n) is 17.9. The predicted molar refractivity (Wildman–Crippen MR) is 122 cm³/mol. The number of amides is 2. The van der Waals surface area contributed by atoms with Crippen LogP contribution in [0.2, 0.25) is 0 Å². The van der Waals surface area contributed by atoms with Crippen LogP contribution in [0, 0.1) is 11.6 Å². The van der Waals surface area contributed by atoms with Gasteiger partial charge in [0.05, 0.1) is 35.9 Å². The molecule has 2 amide bonds. The van der Waals surface area contributed by atoms with E-state index >= 15 is 0 Å². The van der Waals surface area contributed by atoms with E-state index in [0.29, 0.717) is 5.69 Å². The highest BCUT2D eigenvalue weighted by atomic mass is 19.2. The number of benzene rings is 3. The lowest BCUT2D eigenvalue weighted by Crippen LogP contribution is -2.18. The number of nitrogens with one attached hydrogen (secondary N) is 2. The molecule has 0 aliphatic carbocycles. The van der Waals surface area contributed by atoms with Gasteiger partial charge < -0.3 is 10.4 Å². The molecule has 0 bridgehead atoms. The van der Waals surface area contributed by atoms with Gasteiger partial charge in [-0.1, -0.05) is 35.5 Å². The number of hydrogen-bond donors (Lipinski definition) is 3. The maximum atomic E-state index is 14.3. The number of rotatable bonds is 7. The van der Waals surface area contributed by atoms with Crippen LogP contribution in [0.15, 0.2) is 73.1 Å². The van der Waals surface area contributed by atoms with Gasteiger partial charge in [0, 0.05) is 11.1 Å². The highest BCUT2D eigenvalue weighted by molar-refractivity contribution is 6.12. The van der Waals surface area contributed by atoms with E-state index in [1.807, 2.05) is 0 Å². The number of Topliss-reactive ketones (excluding diaryl/α,β-unsaturated/α-hetero) is 1. The predicted octanol–water partition coefficient (Wildman–Crippen LogP) is 4.51. The average molecular weight is 477 g/mol. The molecule has 1 aromatic heterocycles. The van der Waals surface area contributed by atoms with Crippen molar-refractivity contribution >= 4 is 29.2 Å². The molecule has 1 heterocycles. The van der Waals surface area contributed by atoms with Crippen LogP contribution in [0.5, 0.6) is 0 Å². The maximum absolute atomic E-state index is 14.3. The standard InChI is InChI=1S/C24H17F2N5O4/c25-18-6-2-5-17(23(18)26)14-7-8-19(29-24(34)35)20(12-14)28-22(33)13-21(32)15-3-1-4-16(11-15)31-10-9-27-30-31/h1-12,29H,13H2,(H,28,33)(H,34,35). The fraction of sp³-hybridized carbons (Fsp3) is 0.0417. The third kappa shape index (κ3) is 5.36. The minimum atomic E-state index is -1.40. The number of hydrogen-bond acceptors (Lipinski definition) is 5. The summed E-state index contributed by atoms with van der Waals surface area (Å²) in [5, 5.41) is 21.3. The zero-order chi connectivity index (χ0) is 24.9. The Morgan fingerprint density at radius 1 is 0.943 bits per heavy atom. The Labute approximate surface area is 197 Å². The number of anilines is 2. The number of nitrogens with zero attached hydrogens (tertiary/aromatic N) is 3. The highest BCUT2D eigenvalue weighted by Gasteiger charge is 2.17. The van der Waals surface area contributed by atoms with E-state index in [1.165, 1.54) is 41.2 Å². The highest BCUT2D eigenvalue weighted by Crippen LogP contribution is 2.31. The van der Waals surface area contributed by atoms with Crippen molar-refractivity contribution in [2.45, 2.75) is 6.42 Å². The van der Waals surface area contributed by atoms with E-state index in [-0.39, 0.29) is 28.1 Å². The molecule has 4 aromatic rings. The van der Waals surface area contributed by atoms with Crippen LogP contribution in [0.1, 0.15) is 16.8 Å². The van der Waals surface area contributed by atoms with Crippen LogP contribution in [0.25, 0.3) is 16.8 Å². The number of aromatic nitrogens is 3. The van der Waals surface area contributed by atoms with E-state index in [2.05, 4.69) is 20.9 Å². The lowest BCUT2D eigenvalue weighted by Gasteiger charge is -2.14. The second-order valence-corrected chi connectivity index (χ2v) is 7.34. The Hall–Kier alpha value is -4.93. The maximum Gasteiger partial charge on any atom is 0.409 e. The number of carbonyl (C=O) groups is 3. The Bertz CT molecular complexity index is 1420. The molecule has 0 unspecified atom stereocenters. The molecule has 3 aromatic carbocycles. The molecule has 0 saturated heterocycles. The molecule has 0 fully saturated rings. The van der Waals surface area contributed by atoms with Crippen molar-refractivity contribution in [1.29, 1.82) is 0 Å². The normalized spacial score (nSPS) is 10.6. The summed E-state index contributed by atoms with van der Waals surface area (Å²) >= 11 is 0. The first kappa shape index (κ1) is 23.2. The molecule has 9 nitrogen and oxygen atoms in total. The molecule has 0 saturated carbocycles. The van der Waals surface area contributed by atoms with Crippen molar-refractivity contribution in [1.82, 2.24) is 15.0 Å². The van der Waals surface area contributed by atoms with Gasteiger partial charge in [-0.25, -0.2) is 18.3 Å². The van der Waals surface area contributed by atoms with Gasteiger partial charge in [-0.3, -0.25) is 14.9 Å². The summed E-state index contributed by atoms with van der Waals surface area (Å²) in [5.74, 6) is -3.37. The summed E-state index contributed by atoms with van der Waals surface area (Å²) in [6, 6.07) is 14.0. The molecule has 35 heavy (non-hydrogen) atoms. The van der Waals surface area contributed by atoms with Crippen molar-refractivity contribution in [3.63, 3.8) is 0 Å². The lowest BCUT2D eigenvalue weighted by molar-refractivity contribution is -0.115. The van der Waals surface area contributed by atoms with Crippen LogP contribution in [0.4, 0.5) is 25.0 Å². The number of carbonyl (C=O) groups excluding carboxylic acids is 2. The van der Waals surface area contributed by atoms with Gasteiger partial charge in [-0.05, 0) is 35.9 Å². The van der Waals surface area contributed by atoms with Crippen molar-refractivity contribution in [3.05, 3.63) is 90.3 Å². The largest absolute Gasteiger partial charge is 0.465 e. The SMILES string of the molecule is O=C(O)Nc1ccc(-c2cccc(F)c2F)cc1NC(=O)CC(=O)c1cccc(-n2ccnn2)c1. The van der Waals surface area contributed by atoms with E-state index < -0.39 is 35.8 Å². The van der Waals surface area contributed by atoms with Crippen LogP contribution >= 0.6 is 0 Å². The van der Waals surface area contributed by atoms with Gasteiger partial charge in [0.15, 0.2) is 17.4 Å². The van der Waals surface area contributed by atoms with E-state index in [9.17, 15) is 23.2 Å². The molecular weight excluding hydrogens is 460 g/mol. The van der Waals surface area contributed by atoms with Crippen LogP contribution in [-0.2, 0) is 4.79 Å². The smallest absolute Gasteiger partial charge is 0.409 e. The molecule has 0 spiro atoms. The Morgan fingerprint density at radius 3 is 2.49 bits per heavy atom. The van der Waals surface area contributed by atoms with Gasteiger partial charge >= 0.3 is 6.09 Å². The Kier molecular flexibility index (Phi) is 6.58. The molecular formula is C24H17F2N5O4. The molecule has 0 aliphatic heterocycles. The van der Waals surface area contributed by atoms with Gasteiger partial charge in [0.25, 0.3) is 0 Å². The van der Waals surface area contributed by atoms with Crippen LogP contribution < -0.4 is 10.6 Å². The van der Waals surface area contributed by atoms with Crippen molar-refractivity contribution in [2.75, 3.05) is 10.6 Å². The first-order valence-electron chi connectivity index (χ1n) is 10.2. The van der Waals surface area contributed by atoms with Gasteiger partial charge in [-0.2, -0.15) is 0 Å². The minimum Gasteiger partial charge on any atom is -0.465 e. The number of ketones is 1. The second-order valence-electron chi connectivity index (χ2n) is 7.34. The van der Waals surface area contributed by atoms with Gasteiger partial charge in [0.1, 0.15) is 0 Å².